The summed E-state index contributed by atoms with van der Waals surface area (Å²) in [6.45, 7) is 7.98. The molecule has 0 fully saturated rings. The van der Waals surface area contributed by atoms with E-state index in [0.717, 1.165) is 30.9 Å². The van der Waals surface area contributed by atoms with Crippen molar-refractivity contribution in [2.75, 3.05) is 32.1 Å². The fourth-order valence-electron chi connectivity index (χ4n) is 2.66. The molecule has 0 atom stereocenters. The fourth-order valence-corrected chi connectivity index (χ4v) is 2.66. The molecule has 1 N–H and O–H groups in total. The fraction of sp³-hybridized carbons (Fsp3) is 0.381. The van der Waals surface area contributed by atoms with Gasteiger partial charge in [0, 0.05) is 38.4 Å². The monoisotopic (exact) mass is 339 g/mol. The standard InChI is InChI=1S/C21H29N3O/c1-5-24(6-2)16-18-9-7-17(8-10-18)15-22-21(25)19-11-13-20(14-12-19)23(3)4/h7-14H,5-6,15-16H2,1-4H3,(H,22,25). The Morgan fingerprint density at radius 2 is 1.44 bits per heavy atom. The summed E-state index contributed by atoms with van der Waals surface area (Å²) in [5.74, 6) is -0.0440. The van der Waals surface area contributed by atoms with Crippen LogP contribution in [0.25, 0.3) is 0 Å². The third-order valence-electron chi connectivity index (χ3n) is 4.42. The first-order chi connectivity index (χ1) is 12.0. The normalized spacial score (nSPS) is 10.8. The molecule has 0 aliphatic carbocycles. The summed E-state index contributed by atoms with van der Waals surface area (Å²) in [5, 5.41) is 2.98. The molecule has 2 aromatic carbocycles. The van der Waals surface area contributed by atoms with E-state index in [1.54, 1.807) is 0 Å². The molecular weight excluding hydrogens is 310 g/mol. The quantitative estimate of drug-likeness (QED) is 0.799. The van der Waals surface area contributed by atoms with E-state index in [0.29, 0.717) is 12.1 Å². The van der Waals surface area contributed by atoms with Crippen LogP contribution >= 0.6 is 0 Å². The van der Waals surface area contributed by atoms with Crippen molar-refractivity contribution in [3.8, 4) is 0 Å². The van der Waals surface area contributed by atoms with Gasteiger partial charge in [0.05, 0.1) is 0 Å². The first-order valence-corrected chi connectivity index (χ1v) is 8.89. The van der Waals surface area contributed by atoms with E-state index in [-0.39, 0.29) is 5.91 Å². The first kappa shape index (κ1) is 19.0. The van der Waals surface area contributed by atoms with Gasteiger partial charge in [0.2, 0.25) is 0 Å². The van der Waals surface area contributed by atoms with E-state index in [1.165, 1.54) is 5.56 Å². The van der Waals surface area contributed by atoms with Gasteiger partial charge in [-0.1, -0.05) is 38.1 Å². The van der Waals surface area contributed by atoms with E-state index in [2.05, 4.69) is 48.3 Å². The number of nitrogens with one attached hydrogen (secondary N) is 1. The maximum absolute atomic E-state index is 12.3. The van der Waals surface area contributed by atoms with Crippen LogP contribution in [0.4, 0.5) is 5.69 Å². The number of nitrogens with zero attached hydrogens (tertiary/aromatic N) is 2. The molecule has 2 aromatic rings. The Balaban J connectivity index is 1.89. The largest absolute Gasteiger partial charge is 0.378 e. The molecule has 0 saturated carbocycles. The summed E-state index contributed by atoms with van der Waals surface area (Å²) in [6, 6.07) is 16.1. The van der Waals surface area contributed by atoms with Crippen molar-refractivity contribution >= 4 is 11.6 Å². The van der Waals surface area contributed by atoms with Crippen LogP contribution in [0.5, 0.6) is 0 Å². The highest BCUT2D eigenvalue weighted by atomic mass is 16.1. The Morgan fingerprint density at radius 3 is 1.96 bits per heavy atom. The Bertz CT molecular complexity index is 659. The predicted octanol–water partition coefficient (Wildman–Crippen LogP) is 3.52. The number of hydrogen-bond acceptors (Lipinski definition) is 3. The van der Waals surface area contributed by atoms with Crippen LogP contribution in [-0.4, -0.2) is 38.0 Å². The molecule has 134 valence electrons. The van der Waals surface area contributed by atoms with Crippen molar-refractivity contribution in [1.29, 1.82) is 0 Å². The van der Waals surface area contributed by atoms with Crippen molar-refractivity contribution in [1.82, 2.24) is 10.2 Å². The van der Waals surface area contributed by atoms with Crippen LogP contribution in [0, 0.1) is 0 Å². The molecule has 0 heterocycles. The van der Waals surface area contributed by atoms with Crippen LogP contribution in [0.3, 0.4) is 0 Å². The van der Waals surface area contributed by atoms with Crippen molar-refractivity contribution in [2.45, 2.75) is 26.9 Å². The maximum Gasteiger partial charge on any atom is 0.251 e. The van der Waals surface area contributed by atoms with E-state index in [4.69, 9.17) is 0 Å². The SMILES string of the molecule is CCN(CC)Cc1ccc(CNC(=O)c2ccc(N(C)C)cc2)cc1. The van der Waals surface area contributed by atoms with Crippen molar-refractivity contribution in [3.63, 3.8) is 0 Å². The van der Waals surface area contributed by atoms with E-state index in [1.807, 2.05) is 43.3 Å². The lowest BCUT2D eigenvalue weighted by Gasteiger charge is -2.18. The van der Waals surface area contributed by atoms with E-state index in [9.17, 15) is 4.79 Å². The van der Waals surface area contributed by atoms with Crippen LogP contribution in [0.15, 0.2) is 48.5 Å². The maximum atomic E-state index is 12.3. The molecule has 0 unspecified atom stereocenters. The molecule has 2 rings (SSSR count). The minimum atomic E-state index is -0.0440. The number of carbonyl (C=O) groups excluding carboxylic acids is 1. The first-order valence-electron chi connectivity index (χ1n) is 8.89. The molecular formula is C21H29N3O. The summed E-state index contributed by atoms with van der Waals surface area (Å²) < 4.78 is 0. The molecule has 0 saturated heterocycles. The molecule has 0 aliphatic rings. The Labute approximate surface area is 151 Å². The van der Waals surface area contributed by atoms with Crippen molar-refractivity contribution in [3.05, 3.63) is 65.2 Å². The minimum Gasteiger partial charge on any atom is -0.378 e. The second-order valence-electron chi connectivity index (χ2n) is 6.40. The Kier molecular flexibility index (Phi) is 7.02. The molecule has 4 heteroatoms. The van der Waals surface area contributed by atoms with Crippen LogP contribution in [-0.2, 0) is 13.1 Å². The number of carbonyl (C=O) groups is 1. The minimum absolute atomic E-state index is 0.0440. The summed E-state index contributed by atoms with van der Waals surface area (Å²) in [7, 11) is 3.97. The van der Waals surface area contributed by atoms with E-state index >= 15 is 0 Å². The molecule has 0 radical (unpaired) electrons. The van der Waals surface area contributed by atoms with Crippen LogP contribution < -0.4 is 10.2 Å². The zero-order valence-electron chi connectivity index (χ0n) is 15.7. The lowest BCUT2D eigenvalue weighted by atomic mass is 10.1. The third-order valence-corrected chi connectivity index (χ3v) is 4.42. The predicted molar refractivity (Wildman–Crippen MR) is 105 cm³/mol. The number of hydrogen-bond donors (Lipinski definition) is 1. The van der Waals surface area contributed by atoms with E-state index < -0.39 is 0 Å². The number of anilines is 1. The van der Waals surface area contributed by atoms with Crippen LogP contribution in [0.2, 0.25) is 0 Å². The summed E-state index contributed by atoms with van der Waals surface area (Å²) in [6.07, 6.45) is 0. The van der Waals surface area contributed by atoms with Crippen LogP contribution in [0.1, 0.15) is 35.3 Å². The average molecular weight is 339 g/mol. The third kappa shape index (κ3) is 5.61. The highest BCUT2D eigenvalue weighted by Gasteiger charge is 2.06. The molecule has 25 heavy (non-hydrogen) atoms. The molecule has 0 bridgehead atoms. The van der Waals surface area contributed by atoms with Gasteiger partial charge in [-0.3, -0.25) is 9.69 Å². The van der Waals surface area contributed by atoms with Gasteiger partial charge in [-0.15, -0.1) is 0 Å². The topological polar surface area (TPSA) is 35.6 Å². The second kappa shape index (κ2) is 9.23. The molecule has 1 amide bonds. The van der Waals surface area contributed by atoms with Crippen molar-refractivity contribution in [2.24, 2.45) is 0 Å². The Hall–Kier alpha value is -2.33. The molecule has 0 spiro atoms. The van der Waals surface area contributed by atoms with Gasteiger partial charge in [-0.2, -0.15) is 0 Å². The number of rotatable bonds is 8. The second-order valence-corrected chi connectivity index (χ2v) is 6.40. The Morgan fingerprint density at radius 1 is 0.880 bits per heavy atom. The smallest absolute Gasteiger partial charge is 0.251 e. The highest BCUT2D eigenvalue weighted by Crippen LogP contribution is 2.12. The number of benzene rings is 2. The molecule has 0 aromatic heterocycles. The van der Waals surface area contributed by atoms with Gasteiger partial charge in [-0.05, 0) is 48.5 Å². The zero-order chi connectivity index (χ0) is 18.2. The lowest BCUT2D eigenvalue weighted by molar-refractivity contribution is 0.0951. The van der Waals surface area contributed by atoms with Gasteiger partial charge >= 0.3 is 0 Å². The summed E-state index contributed by atoms with van der Waals surface area (Å²) in [4.78, 5) is 16.7. The van der Waals surface area contributed by atoms with Gasteiger partial charge in [-0.25, -0.2) is 0 Å². The summed E-state index contributed by atoms with van der Waals surface area (Å²) >= 11 is 0. The highest BCUT2D eigenvalue weighted by molar-refractivity contribution is 5.94. The number of amides is 1. The van der Waals surface area contributed by atoms with Gasteiger partial charge in [0.25, 0.3) is 5.91 Å². The molecule has 4 nitrogen and oxygen atoms in total. The average Bonchev–Trinajstić information content (AvgIpc) is 2.65. The van der Waals surface area contributed by atoms with Gasteiger partial charge < -0.3 is 10.2 Å². The van der Waals surface area contributed by atoms with Gasteiger partial charge in [0.1, 0.15) is 0 Å². The van der Waals surface area contributed by atoms with Crippen molar-refractivity contribution < 1.29 is 4.79 Å². The lowest BCUT2D eigenvalue weighted by Crippen LogP contribution is -2.23. The zero-order valence-corrected chi connectivity index (χ0v) is 15.7. The molecule has 0 aliphatic heterocycles. The summed E-state index contributed by atoms with van der Waals surface area (Å²) in [5.41, 5.74) is 4.18. The van der Waals surface area contributed by atoms with Gasteiger partial charge in [0.15, 0.2) is 0 Å².